The molecule has 0 radical (unpaired) electrons. The third kappa shape index (κ3) is 0.718. The minimum absolute atomic E-state index is 0.241. The maximum Gasteiger partial charge on any atom is 0.199 e. The van der Waals surface area contributed by atoms with Crippen molar-refractivity contribution < 1.29 is 4.39 Å². The van der Waals surface area contributed by atoms with Crippen LogP contribution in [0.3, 0.4) is 0 Å². The van der Waals surface area contributed by atoms with Gasteiger partial charge in [0.1, 0.15) is 0 Å². The maximum atomic E-state index is 12.0. The summed E-state index contributed by atoms with van der Waals surface area (Å²) in [6, 6.07) is 1.54. The van der Waals surface area contributed by atoms with Crippen LogP contribution in [-0.2, 0) is 0 Å². The van der Waals surface area contributed by atoms with Gasteiger partial charge in [-0.3, -0.25) is 0 Å². The number of nitrogen functional groups attached to an aromatic ring is 1. The Morgan fingerprint density at radius 1 is 1.71 bits per heavy atom. The lowest BCUT2D eigenvalue weighted by atomic mass is 10.6. The summed E-state index contributed by atoms with van der Waals surface area (Å²) in [6.45, 7) is 0. The molecule has 0 aliphatic rings. The number of hydrogen-bond acceptors (Lipinski definition) is 2. The summed E-state index contributed by atoms with van der Waals surface area (Å²) in [6.07, 6.45) is 0. The first-order valence-electron chi connectivity index (χ1n) is 1.79. The molecular formula is C4H4FNS. The van der Waals surface area contributed by atoms with E-state index in [-0.39, 0.29) is 10.8 Å². The van der Waals surface area contributed by atoms with Gasteiger partial charge in [0.15, 0.2) is 5.13 Å². The van der Waals surface area contributed by atoms with E-state index in [2.05, 4.69) is 0 Å². The summed E-state index contributed by atoms with van der Waals surface area (Å²) < 4.78 is 12.0. The van der Waals surface area contributed by atoms with Crippen LogP contribution < -0.4 is 5.73 Å². The van der Waals surface area contributed by atoms with E-state index in [1.54, 1.807) is 11.4 Å². The van der Waals surface area contributed by atoms with Crippen molar-refractivity contribution in [2.75, 3.05) is 5.73 Å². The van der Waals surface area contributed by atoms with E-state index in [0.717, 1.165) is 11.3 Å². The first-order valence-corrected chi connectivity index (χ1v) is 2.67. The fourth-order valence-electron chi connectivity index (χ4n) is 0.301. The van der Waals surface area contributed by atoms with E-state index >= 15 is 0 Å². The lowest BCUT2D eigenvalue weighted by molar-refractivity contribution is 0.661. The normalized spacial score (nSPS) is 9.29. The first kappa shape index (κ1) is 4.59. The predicted molar refractivity (Wildman–Crippen MR) is 28.7 cm³/mol. The van der Waals surface area contributed by atoms with Crippen molar-refractivity contribution >= 4 is 17.0 Å². The van der Waals surface area contributed by atoms with Crippen molar-refractivity contribution in [3.05, 3.63) is 16.6 Å². The Labute approximate surface area is 44.6 Å². The number of halogens is 1. The molecule has 2 N–H and O–H groups in total. The largest absolute Gasteiger partial charge is 0.396 e. The fraction of sp³-hybridized carbons (Fsp3) is 0. The van der Waals surface area contributed by atoms with E-state index in [0.29, 0.717) is 0 Å². The lowest BCUT2D eigenvalue weighted by Crippen LogP contribution is -1.80. The molecule has 0 fully saturated rings. The summed E-state index contributed by atoms with van der Waals surface area (Å²) in [5, 5.41) is 1.32. The van der Waals surface area contributed by atoms with Crippen LogP contribution in [0.1, 0.15) is 0 Å². The van der Waals surface area contributed by atoms with Gasteiger partial charge in [-0.1, -0.05) is 0 Å². The molecule has 0 amide bonds. The zero-order valence-electron chi connectivity index (χ0n) is 3.52. The van der Waals surface area contributed by atoms with Gasteiger partial charge in [0.2, 0.25) is 0 Å². The topological polar surface area (TPSA) is 26.0 Å². The summed E-state index contributed by atoms with van der Waals surface area (Å²) in [5.41, 5.74) is 5.32. The van der Waals surface area contributed by atoms with E-state index in [9.17, 15) is 4.39 Å². The molecule has 1 aromatic rings. The molecular weight excluding hydrogens is 113 g/mol. The molecule has 0 saturated heterocycles. The van der Waals surface area contributed by atoms with Gasteiger partial charge in [-0.2, -0.15) is 4.39 Å². The highest BCUT2D eigenvalue weighted by atomic mass is 32.1. The molecule has 1 aromatic heterocycles. The summed E-state index contributed by atoms with van der Waals surface area (Å²) in [7, 11) is 0. The molecule has 0 atom stereocenters. The summed E-state index contributed by atoms with van der Waals surface area (Å²) in [4.78, 5) is 0. The number of hydrogen-bond donors (Lipinski definition) is 1. The molecule has 0 spiro atoms. The second-order valence-corrected chi connectivity index (χ2v) is 2.02. The standard InChI is InChI=1S/C4H4FNS/c5-4-3(6)1-2-7-4/h1-2H,6H2. The monoisotopic (exact) mass is 117 g/mol. The third-order valence-electron chi connectivity index (χ3n) is 0.646. The van der Waals surface area contributed by atoms with E-state index < -0.39 is 0 Å². The number of rotatable bonds is 0. The smallest absolute Gasteiger partial charge is 0.199 e. The SMILES string of the molecule is Nc1ccsc1F. The summed E-state index contributed by atoms with van der Waals surface area (Å²) >= 11 is 1.01. The van der Waals surface area contributed by atoms with Gasteiger partial charge in [-0.25, -0.2) is 0 Å². The molecule has 7 heavy (non-hydrogen) atoms. The number of thiophene rings is 1. The van der Waals surface area contributed by atoms with Crippen molar-refractivity contribution in [2.24, 2.45) is 0 Å². The van der Waals surface area contributed by atoms with Crippen LogP contribution in [0.5, 0.6) is 0 Å². The Balaban J connectivity index is 3.12. The molecule has 1 rings (SSSR count). The summed E-state index contributed by atoms with van der Waals surface area (Å²) in [5.74, 6) is 0. The Morgan fingerprint density at radius 3 is 2.57 bits per heavy atom. The van der Waals surface area contributed by atoms with Gasteiger partial charge in [0, 0.05) is 0 Å². The highest BCUT2D eigenvalue weighted by molar-refractivity contribution is 7.08. The molecule has 38 valence electrons. The highest BCUT2D eigenvalue weighted by Crippen LogP contribution is 2.14. The molecule has 0 aromatic carbocycles. The van der Waals surface area contributed by atoms with Gasteiger partial charge in [-0.05, 0) is 11.4 Å². The average molecular weight is 117 g/mol. The van der Waals surface area contributed by atoms with Crippen LogP contribution in [0.15, 0.2) is 11.4 Å². The quantitative estimate of drug-likeness (QED) is 0.547. The molecule has 3 heteroatoms. The minimum Gasteiger partial charge on any atom is -0.396 e. The van der Waals surface area contributed by atoms with Gasteiger partial charge in [0.05, 0.1) is 5.69 Å². The average Bonchev–Trinajstić information content (AvgIpc) is 1.91. The Kier molecular flexibility index (Phi) is 0.982. The van der Waals surface area contributed by atoms with Crippen LogP contribution in [-0.4, -0.2) is 0 Å². The second kappa shape index (κ2) is 1.50. The first-order chi connectivity index (χ1) is 3.30. The van der Waals surface area contributed by atoms with Crippen molar-refractivity contribution in [1.29, 1.82) is 0 Å². The molecule has 0 aliphatic carbocycles. The number of anilines is 1. The van der Waals surface area contributed by atoms with Crippen LogP contribution in [0.4, 0.5) is 10.1 Å². The minimum atomic E-state index is -0.292. The predicted octanol–water partition coefficient (Wildman–Crippen LogP) is 1.47. The van der Waals surface area contributed by atoms with Crippen molar-refractivity contribution in [3.63, 3.8) is 0 Å². The van der Waals surface area contributed by atoms with E-state index in [1.807, 2.05) is 0 Å². The van der Waals surface area contributed by atoms with E-state index in [4.69, 9.17) is 5.73 Å². The Bertz CT molecular complexity index is 144. The molecule has 0 saturated carbocycles. The zero-order chi connectivity index (χ0) is 5.28. The van der Waals surface area contributed by atoms with Crippen molar-refractivity contribution in [1.82, 2.24) is 0 Å². The van der Waals surface area contributed by atoms with Crippen molar-refractivity contribution in [3.8, 4) is 0 Å². The molecule has 0 unspecified atom stereocenters. The molecule has 1 heterocycles. The van der Waals surface area contributed by atoms with Gasteiger partial charge < -0.3 is 5.73 Å². The van der Waals surface area contributed by atoms with Crippen LogP contribution in [0.2, 0.25) is 0 Å². The van der Waals surface area contributed by atoms with Crippen molar-refractivity contribution in [2.45, 2.75) is 0 Å². The molecule has 0 aliphatic heterocycles. The highest BCUT2D eigenvalue weighted by Gasteiger charge is 1.93. The lowest BCUT2D eigenvalue weighted by Gasteiger charge is -1.76. The Morgan fingerprint density at radius 2 is 2.43 bits per heavy atom. The Hall–Kier alpha value is -0.570. The van der Waals surface area contributed by atoms with Crippen LogP contribution in [0, 0.1) is 5.13 Å². The number of nitrogens with two attached hydrogens (primary N) is 1. The third-order valence-corrected chi connectivity index (χ3v) is 1.36. The van der Waals surface area contributed by atoms with Gasteiger partial charge >= 0.3 is 0 Å². The van der Waals surface area contributed by atoms with Gasteiger partial charge in [-0.15, -0.1) is 11.3 Å². The molecule has 1 nitrogen and oxygen atoms in total. The maximum absolute atomic E-state index is 12.0. The zero-order valence-corrected chi connectivity index (χ0v) is 4.33. The van der Waals surface area contributed by atoms with E-state index in [1.165, 1.54) is 0 Å². The van der Waals surface area contributed by atoms with Gasteiger partial charge in [0.25, 0.3) is 0 Å². The van der Waals surface area contributed by atoms with Crippen LogP contribution in [0.25, 0.3) is 0 Å². The fourth-order valence-corrected chi connectivity index (χ4v) is 0.839. The second-order valence-electron chi connectivity index (χ2n) is 1.15. The molecule has 0 bridgehead atoms. The van der Waals surface area contributed by atoms with Crippen LogP contribution >= 0.6 is 11.3 Å².